The highest BCUT2D eigenvalue weighted by Gasteiger charge is 2.18. The summed E-state index contributed by atoms with van der Waals surface area (Å²) >= 11 is 0. The second-order valence-corrected chi connectivity index (χ2v) is 10.2. The number of fused-ring (bicyclic) bond motifs is 1. The molecule has 4 aromatic rings. The molecule has 2 aromatic heterocycles. The average molecular weight is 520 g/mol. The lowest BCUT2D eigenvalue weighted by atomic mass is 9.98. The van der Waals surface area contributed by atoms with Crippen molar-refractivity contribution in [2.45, 2.75) is 45.6 Å². The molecule has 0 spiro atoms. The van der Waals surface area contributed by atoms with Gasteiger partial charge in [-0.25, -0.2) is 19.9 Å². The zero-order valence-corrected chi connectivity index (χ0v) is 22.4. The Morgan fingerprint density at radius 1 is 0.974 bits per heavy atom. The average Bonchev–Trinajstić information content (AvgIpc) is 3.39. The monoisotopic (exact) mass is 519 g/mol. The quantitative estimate of drug-likeness (QED) is 0.307. The minimum absolute atomic E-state index is 0.322. The van der Waals surface area contributed by atoms with Gasteiger partial charge in [-0.15, -0.1) is 0 Å². The summed E-state index contributed by atoms with van der Waals surface area (Å²) in [6.45, 7) is 6.79. The fourth-order valence-corrected chi connectivity index (χ4v) is 5.24. The van der Waals surface area contributed by atoms with Crippen molar-refractivity contribution in [3.63, 3.8) is 0 Å². The van der Waals surface area contributed by atoms with Crippen LogP contribution in [0.4, 0.5) is 5.95 Å². The summed E-state index contributed by atoms with van der Waals surface area (Å²) in [6.07, 6.45) is 7.48. The van der Waals surface area contributed by atoms with Gasteiger partial charge in [0.2, 0.25) is 11.8 Å². The van der Waals surface area contributed by atoms with E-state index in [1.54, 1.807) is 12.4 Å². The maximum atomic E-state index is 6.60. The Kier molecular flexibility index (Phi) is 7.27. The molecular formula is C31H33N7O. The van der Waals surface area contributed by atoms with E-state index in [4.69, 9.17) is 9.72 Å². The molecule has 4 heterocycles. The van der Waals surface area contributed by atoms with Crippen molar-refractivity contribution < 1.29 is 4.74 Å². The second kappa shape index (κ2) is 11.3. The van der Waals surface area contributed by atoms with E-state index in [0.29, 0.717) is 17.9 Å². The summed E-state index contributed by atoms with van der Waals surface area (Å²) in [4.78, 5) is 23.0. The van der Waals surface area contributed by atoms with E-state index < -0.39 is 0 Å². The zero-order valence-electron chi connectivity index (χ0n) is 22.4. The highest BCUT2D eigenvalue weighted by atomic mass is 16.5. The number of anilines is 1. The van der Waals surface area contributed by atoms with Crippen LogP contribution in [0.1, 0.15) is 37.3 Å². The number of aliphatic imine (C=N–C) groups is 2. The van der Waals surface area contributed by atoms with Crippen LogP contribution < -0.4 is 15.4 Å². The fourth-order valence-electron chi connectivity index (χ4n) is 5.24. The smallest absolute Gasteiger partial charge is 0.228 e. The van der Waals surface area contributed by atoms with Crippen LogP contribution in [0.5, 0.6) is 11.6 Å². The third kappa shape index (κ3) is 5.66. The molecule has 1 atom stereocenters. The molecule has 0 amide bonds. The molecule has 0 bridgehead atoms. The van der Waals surface area contributed by atoms with Crippen molar-refractivity contribution in [3.8, 4) is 22.9 Å². The highest BCUT2D eigenvalue weighted by molar-refractivity contribution is 6.03. The Bertz CT molecular complexity index is 1560. The molecule has 2 N–H and O–H groups in total. The van der Waals surface area contributed by atoms with Gasteiger partial charge in [-0.05, 0) is 74.4 Å². The van der Waals surface area contributed by atoms with Crippen LogP contribution in [0.15, 0.2) is 70.9 Å². The molecule has 0 unspecified atom stereocenters. The van der Waals surface area contributed by atoms with Gasteiger partial charge >= 0.3 is 0 Å². The number of benzene rings is 2. The number of hydrogen-bond acceptors (Lipinski definition) is 8. The fraction of sp³-hybridized carbons (Fsp3) is 0.323. The van der Waals surface area contributed by atoms with Gasteiger partial charge < -0.3 is 15.4 Å². The second-order valence-electron chi connectivity index (χ2n) is 10.2. The number of aromatic nitrogens is 3. The van der Waals surface area contributed by atoms with Crippen molar-refractivity contribution >= 4 is 28.3 Å². The van der Waals surface area contributed by atoms with Crippen LogP contribution in [0.25, 0.3) is 22.0 Å². The van der Waals surface area contributed by atoms with Crippen molar-refractivity contribution in [2.75, 3.05) is 25.0 Å². The van der Waals surface area contributed by atoms with E-state index in [0.717, 1.165) is 84.8 Å². The summed E-state index contributed by atoms with van der Waals surface area (Å²) in [5, 5.41) is 9.13. The van der Waals surface area contributed by atoms with Crippen LogP contribution in [-0.4, -0.2) is 52.2 Å². The molecule has 198 valence electrons. The number of rotatable bonds is 8. The predicted octanol–water partition coefficient (Wildman–Crippen LogP) is 5.76. The van der Waals surface area contributed by atoms with Gasteiger partial charge in [-0.3, -0.25) is 4.99 Å². The molecule has 1 fully saturated rings. The lowest BCUT2D eigenvalue weighted by Gasteiger charge is -2.23. The van der Waals surface area contributed by atoms with Gasteiger partial charge in [0.1, 0.15) is 11.6 Å². The summed E-state index contributed by atoms with van der Waals surface area (Å²) in [5.41, 5.74) is 4.98. The standard InChI is InChI=1S/C31H33N7O/c1-20-10-12-24-22(11-13-28-35-18-21(2)36-28)6-3-8-25(24)29(20)39-30-26(9-5-16-33-30)27-14-17-34-31(38-27)37-23-7-4-15-32-19-23/h3,5-6,8-10,12,14,16-17,23,32H,4,7,11,13,15,18-19H2,1-2H3,(H,34,37,38)/t23-/m0/s1. The molecule has 2 aliphatic rings. The third-order valence-electron chi connectivity index (χ3n) is 7.26. The van der Waals surface area contributed by atoms with Gasteiger partial charge in [0.15, 0.2) is 0 Å². The molecular weight excluding hydrogens is 486 g/mol. The highest BCUT2D eigenvalue weighted by Crippen LogP contribution is 2.37. The number of amidine groups is 1. The SMILES string of the molecule is CC1=NC(CCc2cccc3c(Oc4ncccc4-c4ccnc(N[C@H]5CCCNC5)n4)c(C)ccc23)=NC1. The van der Waals surface area contributed by atoms with Gasteiger partial charge in [0, 0.05) is 42.5 Å². The lowest BCUT2D eigenvalue weighted by Crippen LogP contribution is -2.38. The topological polar surface area (TPSA) is 96.7 Å². The van der Waals surface area contributed by atoms with Crippen LogP contribution >= 0.6 is 0 Å². The van der Waals surface area contributed by atoms with Crippen LogP contribution in [-0.2, 0) is 6.42 Å². The first-order valence-electron chi connectivity index (χ1n) is 13.7. The Balaban J connectivity index is 1.29. The predicted molar refractivity (Wildman–Crippen MR) is 157 cm³/mol. The Labute approximate surface area is 228 Å². The molecule has 8 heteroatoms. The summed E-state index contributed by atoms with van der Waals surface area (Å²) in [7, 11) is 0. The van der Waals surface area contributed by atoms with Crippen LogP contribution in [0.3, 0.4) is 0 Å². The molecule has 39 heavy (non-hydrogen) atoms. The van der Waals surface area contributed by atoms with Gasteiger partial charge in [-0.2, -0.15) is 0 Å². The minimum atomic E-state index is 0.322. The van der Waals surface area contributed by atoms with E-state index >= 15 is 0 Å². The number of hydrogen-bond donors (Lipinski definition) is 2. The first kappa shape index (κ1) is 25.1. The van der Waals surface area contributed by atoms with E-state index in [9.17, 15) is 0 Å². The molecule has 0 saturated carbocycles. The van der Waals surface area contributed by atoms with E-state index in [-0.39, 0.29) is 0 Å². The molecule has 6 rings (SSSR count). The number of nitrogens with one attached hydrogen (secondary N) is 2. The van der Waals surface area contributed by atoms with Crippen LogP contribution in [0, 0.1) is 6.92 Å². The molecule has 8 nitrogen and oxygen atoms in total. The molecule has 2 aromatic carbocycles. The molecule has 0 radical (unpaired) electrons. The minimum Gasteiger partial charge on any atom is -0.437 e. The van der Waals surface area contributed by atoms with Crippen molar-refractivity contribution in [1.29, 1.82) is 0 Å². The Morgan fingerprint density at radius 2 is 1.92 bits per heavy atom. The number of aryl methyl sites for hydroxylation is 2. The van der Waals surface area contributed by atoms with Crippen molar-refractivity contribution in [1.82, 2.24) is 20.3 Å². The van der Waals surface area contributed by atoms with E-state index in [1.807, 2.05) is 25.1 Å². The Hall–Kier alpha value is -4.17. The first-order valence-corrected chi connectivity index (χ1v) is 13.7. The molecule has 0 aliphatic carbocycles. The third-order valence-corrected chi connectivity index (χ3v) is 7.26. The lowest BCUT2D eigenvalue weighted by molar-refractivity contribution is 0.466. The van der Waals surface area contributed by atoms with E-state index in [2.05, 4.69) is 67.8 Å². The largest absolute Gasteiger partial charge is 0.437 e. The normalized spacial score (nSPS) is 17.1. The maximum absolute atomic E-state index is 6.60. The Morgan fingerprint density at radius 3 is 2.77 bits per heavy atom. The van der Waals surface area contributed by atoms with Crippen LogP contribution in [0.2, 0.25) is 0 Å². The zero-order chi connectivity index (χ0) is 26.6. The van der Waals surface area contributed by atoms with Gasteiger partial charge in [-0.1, -0.05) is 30.3 Å². The summed E-state index contributed by atoms with van der Waals surface area (Å²) in [5.74, 6) is 2.88. The van der Waals surface area contributed by atoms with E-state index in [1.165, 1.54) is 10.9 Å². The first-order chi connectivity index (χ1) is 19.1. The molecule has 2 aliphatic heterocycles. The van der Waals surface area contributed by atoms with Crippen molar-refractivity contribution in [3.05, 3.63) is 72.1 Å². The van der Waals surface area contributed by atoms with Gasteiger partial charge in [0.05, 0.1) is 17.8 Å². The summed E-state index contributed by atoms with van der Waals surface area (Å²) < 4.78 is 6.60. The molecule has 1 saturated heterocycles. The van der Waals surface area contributed by atoms with Gasteiger partial charge in [0.25, 0.3) is 0 Å². The number of piperidine rings is 1. The van der Waals surface area contributed by atoms with Crippen molar-refractivity contribution in [2.24, 2.45) is 9.98 Å². The number of pyridine rings is 1. The number of nitrogens with zero attached hydrogens (tertiary/aromatic N) is 5. The number of ether oxygens (including phenoxy) is 1. The maximum Gasteiger partial charge on any atom is 0.228 e. The summed E-state index contributed by atoms with van der Waals surface area (Å²) in [6, 6.07) is 16.8.